The van der Waals surface area contributed by atoms with Crippen molar-refractivity contribution in [2.24, 2.45) is 0 Å². The highest BCUT2D eigenvalue weighted by Gasteiger charge is 2.21. The van der Waals surface area contributed by atoms with Crippen molar-refractivity contribution in [2.75, 3.05) is 26.7 Å². The van der Waals surface area contributed by atoms with Crippen LogP contribution in [0, 0.1) is 0 Å². The molecule has 0 radical (unpaired) electrons. The van der Waals surface area contributed by atoms with Crippen LogP contribution in [0.5, 0.6) is 23.0 Å². The number of fused-ring (bicyclic) bond motifs is 2. The maximum absolute atomic E-state index is 12.6. The molecule has 0 saturated carbocycles. The number of nitrogens with one attached hydrogen (secondary N) is 2. The lowest BCUT2D eigenvalue weighted by atomic mass is 9.98. The number of carbonyl (C=O) groups is 1. The quantitative estimate of drug-likeness (QED) is 0.708. The second-order valence-electron chi connectivity index (χ2n) is 7.97. The van der Waals surface area contributed by atoms with E-state index >= 15 is 0 Å². The van der Waals surface area contributed by atoms with E-state index in [1.807, 2.05) is 36.4 Å². The van der Waals surface area contributed by atoms with Crippen LogP contribution >= 0.6 is 0 Å². The molecule has 5 rings (SSSR count). The lowest BCUT2D eigenvalue weighted by molar-refractivity contribution is 0.111. The minimum atomic E-state index is -0.193. The zero-order valence-electron chi connectivity index (χ0n) is 17.2. The molecule has 1 fully saturated rings. The van der Waals surface area contributed by atoms with E-state index in [9.17, 15) is 4.79 Å². The van der Waals surface area contributed by atoms with Gasteiger partial charge < -0.3 is 34.3 Å². The first-order valence-corrected chi connectivity index (χ1v) is 10.7. The molecule has 31 heavy (non-hydrogen) atoms. The molecule has 0 spiro atoms. The molecule has 0 bridgehead atoms. The SMILES string of the molecule is O=C(NCC1CCCO1)NC(Cc1ccc2c(c1)OCO2)Cc1ccc2c(c1)OCO2. The predicted molar refractivity (Wildman–Crippen MR) is 112 cm³/mol. The van der Waals surface area contributed by atoms with Gasteiger partial charge >= 0.3 is 6.03 Å². The zero-order chi connectivity index (χ0) is 21.0. The van der Waals surface area contributed by atoms with E-state index < -0.39 is 0 Å². The summed E-state index contributed by atoms with van der Waals surface area (Å²) in [6.45, 7) is 1.77. The van der Waals surface area contributed by atoms with Crippen LogP contribution in [0.1, 0.15) is 24.0 Å². The Morgan fingerprint density at radius 2 is 1.52 bits per heavy atom. The van der Waals surface area contributed by atoms with Crippen LogP contribution in [-0.4, -0.2) is 44.9 Å². The number of carbonyl (C=O) groups excluding carboxylic acids is 1. The molecule has 8 nitrogen and oxygen atoms in total. The number of ether oxygens (including phenoxy) is 5. The Labute approximate surface area is 180 Å². The molecule has 2 aromatic rings. The van der Waals surface area contributed by atoms with Gasteiger partial charge in [0.15, 0.2) is 23.0 Å². The second-order valence-corrected chi connectivity index (χ2v) is 7.97. The summed E-state index contributed by atoms with van der Waals surface area (Å²) in [6, 6.07) is 11.5. The molecule has 3 heterocycles. The predicted octanol–water partition coefficient (Wildman–Crippen LogP) is 2.78. The van der Waals surface area contributed by atoms with E-state index in [1.165, 1.54) is 0 Å². The monoisotopic (exact) mass is 426 g/mol. The van der Waals surface area contributed by atoms with Gasteiger partial charge in [0.05, 0.1) is 6.10 Å². The van der Waals surface area contributed by atoms with Crippen molar-refractivity contribution in [3.63, 3.8) is 0 Å². The average Bonchev–Trinajstić information content (AvgIpc) is 3.52. The molecule has 8 heteroatoms. The third-order valence-corrected chi connectivity index (χ3v) is 5.69. The molecule has 3 aliphatic heterocycles. The van der Waals surface area contributed by atoms with Gasteiger partial charge in [-0.2, -0.15) is 0 Å². The fourth-order valence-electron chi connectivity index (χ4n) is 4.13. The number of benzene rings is 2. The molecular weight excluding hydrogens is 400 g/mol. The van der Waals surface area contributed by atoms with Crippen molar-refractivity contribution in [3.8, 4) is 23.0 Å². The fraction of sp³-hybridized carbons (Fsp3) is 0.435. The van der Waals surface area contributed by atoms with Gasteiger partial charge in [-0.25, -0.2) is 4.79 Å². The minimum absolute atomic E-state index is 0.104. The molecular formula is C23H26N2O6. The fourth-order valence-corrected chi connectivity index (χ4v) is 4.13. The standard InChI is InChI=1S/C23H26N2O6/c26-23(24-12-18-2-1-7-27-18)25-17(8-15-3-5-19-21(10-15)30-13-28-19)9-16-4-6-20-22(11-16)31-14-29-20/h3-6,10-11,17-18H,1-2,7-9,12-14H2,(H2,24,25,26). The van der Waals surface area contributed by atoms with Gasteiger partial charge in [0.1, 0.15) is 0 Å². The normalized spacial score (nSPS) is 18.4. The Kier molecular flexibility index (Phi) is 5.71. The number of rotatable bonds is 7. The molecule has 1 saturated heterocycles. The summed E-state index contributed by atoms with van der Waals surface area (Å²) >= 11 is 0. The Morgan fingerprint density at radius 1 is 0.903 bits per heavy atom. The van der Waals surface area contributed by atoms with Crippen molar-refractivity contribution in [1.29, 1.82) is 0 Å². The summed E-state index contributed by atoms with van der Waals surface area (Å²) in [5.74, 6) is 2.97. The summed E-state index contributed by atoms with van der Waals surface area (Å²) in [5, 5.41) is 6.07. The van der Waals surface area contributed by atoms with E-state index in [-0.39, 0.29) is 31.8 Å². The largest absolute Gasteiger partial charge is 0.454 e. The third-order valence-electron chi connectivity index (χ3n) is 5.69. The van der Waals surface area contributed by atoms with E-state index in [4.69, 9.17) is 23.7 Å². The summed E-state index contributed by atoms with van der Waals surface area (Å²) in [7, 11) is 0. The molecule has 2 N–H and O–H groups in total. The van der Waals surface area contributed by atoms with Crippen molar-refractivity contribution in [1.82, 2.24) is 10.6 Å². The van der Waals surface area contributed by atoms with Gasteiger partial charge in [0.25, 0.3) is 0 Å². The highest BCUT2D eigenvalue weighted by atomic mass is 16.7. The van der Waals surface area contributed by atoms with Crippen molar-refractivity contribution < 1.29 is 28.5 Å². The number of hydrogen-bond acceptors (Lipinski definition) is 6. The second kappa shape index (κ2) is 8.93. The smallest absolute Gasteiger partial charge is 0.315 e. The topological polar surface area (TPSA) is 87.3 Å². The Hall–Kier alpha value is -3.13. The summed E-state index contributed by atoms with van der Waals surface area (Å²) < 4.78 is 27.4. The third kappa shape index (κ3) is 4.80. The van der Waals surface area contributed by atoms with Crippen molar-refractivity contribution in [3.05, 3.63) is 47.5 Å². The van der Waals surface area contributed by atoms with Crippen LogP contribution in [0.25, 0.3) is 0 Å². The molecule has 1 atom stereocenters. The average molecular weight is 426 g/mol. The van der Waals surface area contributed by atoms with Gasteiger partial charge in [-0.15, -0.1) is 0 Å². The summed E-state index contributed by atoms with van der Waals surface area (Å²) in [6.07, 6.45) is 3.44. The highest BCUT2D eigenvalue weighted by Crippen LogP contribution is 2.34. The van der Waals surface area contributed by atoms with Gasteiger partial charge in [0.2, 0.25) is 13.6 Å². The number of urea groups is 1. The van der Waals surface area contributed by atoms with Crippen LogP contribution in [0.2, 0.25) is 0 Å². The van der Waals surface area contributed by atoms with Gasteiger partial charge in [0, 0.05) is 19.2 Å². The Balaban J connectivity index is 1.27. The zero-order valence-corrected chi connectivity index (χ0v) is 17.2. The van der Waals surface area contributed by atoms with E-state index in [2.05, 4.69) is 10.6 Å². The number of amides is 2. The molecule has 0 aliphatic carbocycles. The van der Waals surface area contributed by atoms with Crippen LogP contribution in [0.3, 0.4) is 0 Å². The summed E-state index contributed by atoms with van der Waals surface area (Å²) in [4.78, 5) is 12.6. The molecule has 2 aromatic carbocycles. The van der Waals surface area contributed by atoms with E-state index in [1.54, 1.807) is 0 Å². The van der Waals surface area contributed by atoms with Gasteiger partial charge in [-0.05, 0) is 61.1 Å². The molecule has 0 aromatic heterocycles. The van der Waals surface area contributed by atoms with Crippen LogP contribution in [0.4, 0.5) is 4.79 Å². The Bertz CT molecular complexity index is 884. The number of hydrogen-bond donors (Lipinski definition) is 2. The van der Waals surface area contributed by atoms with E-state index in [0.29, 0.717) is 19.4 Å². The molecule has 164 valence electrons. The van der Waals surface area contributed by atoms with Crippen LogP contribution in [0.15, 0.2) is 36.4 Å². The first-order chi connectivity index (χ1) is 15.2. The highest BCUT2D eigenvalue weighted by molar-refractivity contribution is 5.74. The van der Waals surface area contributed by atoms with Crippen molar-refractivity contribution in [2.45, 2.75) is 37.8 Å². The maximum Gasteiger partial charge on any atom is 0.315 e. The van der Waals surface area contributed by atoms with Gasteiger partial charge in [-0.3, -0.25) is 0 Å². The maximum atomic E-state index is 12.6. The van der Waals surface area contributed by atoms with Crippen LogP contribution in [-0.2, 0) is 17.6 Å². The molecule has 1 unspecified atom stereocenters. The lowest BCUT2D eigenvalue weighted by Crippen LogP contribution is -2.46. The van der Waals surface area contributed by atoms with Gasteiger partial charge in [-0.1, -0.05) is 12.1 Å². The van der Waals surface area contributed by atoms with Crippen molar-refractivity contribution >= 4 is 6.03 Å². The molecule has 2 amide bonds. The summed E-state index contributed by atoms with van der Waals surface area (Å²) in [5.41, 5.74) is 2.13. The first-order valence-electron chi connectivity index (χ1n) is 10.7. The minimum Gasteiger partial charge on any atom is -0.454 e. The van der Waals surface area contributed by atoms with E-state index in [0.717, 1.165) is 53.6 Å². The lowest BCUT2D eigenvalue weighted by Gasteiger charge is -2.21. The first kappa shape index (κ1) is 19.8. The van der Waals surface area contributed by atoms with Crippen LogP contribution < -0.4 is 29.6 Å². The molecule has 3 aliphatic rings. The Morgan fingerprint density at radius 3 is 2.10 bits per heavy atom.